The highest BCUT2D eigenvalue weighted by atomic mass is 35.5. The summed E-state index contributed by atoms with van der Waals surface area (Å²) in [6.45, 7) is 2.82. The van der Waals surface area contributed by atoms with E-state index in [4.69, 9.17) is 16.3 Å². The van der Waals surface area contributed by atoms with Crippen molar-refractivity contribution in [2.45, 2.75) is 26.6 Å². The molecule has 2 aromatic carbocycles. The van der Waals surface area contributed by atoms with E-state index < -0.39 is 52.7 Å². The van der Waals surface area contributed by atoms with Crippen LogP contribution in [0.15, 0.2) is 53.6 Å². The second kappa shape index (κ2) is 8.02. The minimum atomic E-state index is -4.69. The van der Waals surface area contributed by atoms with Gasteiger partial charge in [0.25, 0.3) is 0 Å². The predicted molar refractivity (Wildman–Crippen MR) is 102 cm³/mol. The highest BCUT2D eigenvalue weighted by molar-refractivity contribution is 6.30. The van der Waals surface area contributed by atoms with Crippen molar-refractivity contribution in [2.24, 2.45) is 17.3 Å². The Morgan fingerprint density at radius 3 is 2.37 bits per heavy atom. The van der Waals surface area contributed by atoms with Crippen LogP contribution in [0, 0.1) is 28.9 Å². The van der Waals surface area contributed by atoms with Crippen molar-refractivity contribution in [3.05, 3.63) is 70.8 Å². The lowest BCUT2D eigenvalue weighted by Crippen LogP contribution is -2.12. The molecule has 1 fully saturated rings. The van der Waals surface area contributed by atoms with Crippen LogP contribution in [0.4, 0.5) is 22.0 Å². The van der Waals surface area contributed by atoms with Gasteiger partial charge in [-0.2, -0.15) is 13.2 Å². The lowest BCUT2D eigenvalue weighted by Gasteiger charge is -2.10. The lowest BCUT2D eigenvalue weighted by atomic mass is 10.0. The highest BCUT2D eigenvalue weighted by Crippen LogP contribution is 2.60. The first kappa shape index (κ1) is 22.3. The van der Waals surface area contributed by atoms with Crippen molar-refractivity contribution in [3.63, 3.8) is 0 Å². The molecule has 2 nitrogen and oxygen atoms in total. The quantitative estimate of drug-likeness (QED) is 0.382. The number of hydrogen-bond acceptors (Lipinski definition) is 2. The molecule has 0 heterocycles. The van der Waals surface area contributed by atoms with Crippen LogP contribution in [-0.2, 0) is 16.1 Å². The zero-order valence-electron chi connectivity index (χ0n) is 16.1. The van der Waals surface area contributed by atoms with E-state index >= 15 is 0 Å². The van der Waals surface area contributed by atoms with E-state index in [2.05, 4.69) is 0 Å². The molecule has 8 heteroatoms. The summed E-state index contributed by atoms with van der Waals surface area (Å²) in [6, 6.07) is 9.98. The van der Waals surface area contributed by atoms with E-state index in [9.17, 15) is 26.7 Å². The van der Waals surface area contributed by atoms with Crippen molar-refractivity contribution in [1.82, 2.24) is 0 Å². The van der Waals surface area contributed by atoms with Crippen LogP contribution in [0.25, 0.3) is 11.1 Å². The minimum absolute atomic E-state index is 0.0196. The van der Waals surface area contributed by atoms with Crippen LogP contribution in [0.2, 0.25) is 0 Å². The summed E-state index contributed by atoms with van der Waals surface area (Å²) in [5.74, 6) is -3.65. The van der Waals surface area contributed by atoms with Crippen molar-refractivity contribution in [3.8, 4) is 11.1 Å². The van der Waals surface area contributed by atoms with Gasteiger partial charge in [0, 0.05) is 16.7 Å². The molecule has 0 saturated heterocycles. The van der Waals surface area contributed by atoms with Crippen molar-refractivity contribution in [1.29, 1.82) is 0 Å². The monoisotopic (exact) mass is 444 g/mol. The molecule has 30 heavy (non-hydrogen) atoms. The number of allylic oxidation sites excluding steroid dienone is 2. The Hall–Kier alpha value is -2.41. The van der Waals surface area contributed by atoms with Crippen LogP contribution in [-0.4, -0.2) is 12.1 Å². The van der Waals surface area contributed by atoms with Gasteiger partial charge in [0.1, 0.15) is 23.3 Å². The first-order valence-electron chi connectivity index (χ1n) is 9.08. The van der Waals surface area contributed by atoms with Gasteiger partial charge in [-0.25, -0.2) is 8.78 Å². The molecule has 1 unspecified atom stereocenters. The van der Waals surface area contributed by atoms with Gasteiger partial charge < -0.3 is 4.74 Å². The number of hydrogen-bond donors (Lipinski definition) is 0. The van der Waals surface area contributed by atoms with Crippen LogP contribution >= 0.6 is 11.6 Å². The molecule has 0 aromatic heterocycles. The number of benzene rings is 2. The number of ether oxygens (including phenoxy) is 1. The maximum absolute atomic E-state index is 14.8. The van der Waals surface area contributed by atoms with E-state index in [0.29, 0.717) is 0 Å². The predicted octanol–water partition coefficient (Wildman–Crippen LogP) is 6.63. The molecule has 1 aliphatic rings. The second-order valence-corrected chi connectivity index (χ2v) is 8.11. The minimum Gasteiger partial charge on any atom is -0.460 e. The largest absolute Gasteiger partial charge is 0.460 e. The molecule has 160 valence electrons. The van der Waals surface area contributed by atoms with Gasteiger partial charge in [-0.1, -0.05) is 67.9 Å². The van der Waals surface area contributed by atoms with Crippen molar-refractivity contribution >= 4 is 17.6 Å². The molecule has 3 rings (SSSR count). The summed E-state index contributed by atoms with van der Waals surface area (Å²) in [4.78, 5) is 12.4. The highest BCUT2D eigenvalue weighted by Gasteiger charge is 2.62. The standard InChI is InChI=1S/C22H18ClF5O2/c1-21(2)15(10-17(23)22(26,27)28)18(21)20(29)30-11-12-6-5-8-14(19(12)25)13-7-3-4-9-16(13)24/h3-10,15,18H,11H2,1-2H3/b17-10-/t15?,18-/m0/s1. The Kier molecular flexibility index (Phi) is 5.96. The molecule has 0 N–H and O–H groups in total. The molecule has 2 aromatic rings. The fourth-order valence-electron chi connectivity index (χ4n) is 3.51. The number of esters is 1. The van der Waals surface area contributed by atoms with Crippen molar-refractivity contribution < 1.29 is 31.5 Å². The number of halogens is 6. The van der Waals surface area contributed by atoms with Gasteiger partial charge in [-0.15, -0.1) is 0 Å². The third-order valence-corrected chi connectivity index (χ3v) is 5.71. The van der Waals surface area contributed by atoms with Gasteiger partial charge in [0.15, 0.2) is 0 Å². The molecule has 0 radical (unpaired) electrons. The molecule has 0 spiro atoms. The number of carbonyl (C=O) groups is 1. The van der Waals surface area contributed by atoms with E-state index in [-0.39, 0.29) is 16.7 Å². The zero-order valence-corrected chi connectivity index (χ0v) is 16.8. The van der Waals surface area contributed by atoms with Gasteiger partial charge in [-0.3, -0.25) is 4.79 Å². The molecule has 0 amide bonds. The topological polar surface area (TPSA) is 26.3 Å². The maximum atomic E-state index is 14.8. The molecule has 2 atom stereocenters. The summed E-state index contributed by atoms with van der Waals surface area (Å²) < 4.78 is 71.9. The molecule has 1 saturated carbocycles. The first-order valence-corrected chi connectivity index (χ1v) is 9.46. The zero-order chi connectivity index (χ0) is 22.3. The van der Waals surface area contributed by atoms with Gasteiger partial charge in [0.05, 0.1) is 5.92 Å². The van der Waals surface area contributed by atoms with E-state index in [1.54, 1.807) is 19.9 Å². The van der Waals surface area contributed by atoms with E-state index in [1.807, 2.05) is 0 Å². The lowest BCUT2D eigenvalue weighted by molar-refractivity contribution is -0.147. The number of rotatable bonds is 5. The number of carbonyl (C=O) groups excluding carboxylic acids is 1. The maximum Gasteiger partial charge on any atom is 0.426 e. The summed E-state index contributed by atoms with van der Waals surface area (Å²) in [7, 11) is 0. The van der Waals surface area contributed by atoms with Gasteiger partial charge in [-0.05, 0) is 17.4 Å². The third-order valence-electron chi connectivity index (χ3n) is 5.37. The average Bonchev–Trinajstić information content (AvgIpc) is 3.20. The number of alkyl halides is 3. The SMILES string of the molecule is CC1(C)C(/C=C(\Cl)C(F)(F)F)[C@H]1C(=O)OCc1cccc(-c2ccccc2F)c1F. The van der Waals surface area contributed by atoms with Gasteiger partial charge in [0.2, 0.25) is 0 Å². The summed E-state index contributed by atoms with van der Waals surface area (Å²) in [6.07, 6.45) is -3.88. The summed E-state index contributed by atoms with van der Waals surface area (Å²) in [5.41, 5.74) is -0.650. The molecular weight excluding hydrogens is 427 g/mol. The summed E-state index contributed by atoms with van der Waals surface area (Å²) in [5, 5.41) is -1.29. The third kappa shape index (κ3) is 4.36. The van der Waals surface area contributed by atoms with Crippen LogP contribution in [0.3, 0.4) is 0 Å². The Morgan fingerprint density at radius 1 is 1.10 bits per heavy atom. The Balaban J connectivity index is 1.73. The van der Waals surface area contributed by atoms with Crippen LogP contribution in [0.1, 0.15) is 19.4 Å². The van der Waals surface area contributed by atoms with E-state index in [0.717, 1.165) is 6.08 Å². The van der Waals surface area contributed by atoms with Gasteiger partial charge >= 0.3 is 12.1 Å². The fraction of sp³-hybridized carbons (Fsp3) is 0.318. The van der Waals surface area contributed by atoms with Crippen LogP contribution in [0.5, 0.6) is 0 Å². The fourth-order valence-corrected chi connectivity index (χ4v) is 3.64. The molecule has 0 bridgehead atoms. The average molecular weight is 445 g/mol. The molecule has 0 aliphatic heterocycles. The smallest absolute Gasteiger partial charge is 0.426 e. The van der Waals surface area contributed by atoms with E-state index in [1.165, 1.54) is 36.4 Å². The Labute approximate surface area is 175 Å². The normalized spacial score (nSPS) is 20.7. The first-order chi connectivity index (χ1) is 13.9. The van der Waals surface area contributed by atoms with Crippen LogP contribution < -0.4 is 0 Å². The molecular formula is C22H18ClF5O2. The Morgan fingerprint density at radius 2 is 1.73 bits per heavy atom. The van der Waals surface area contributed by atoms with Crippen molar-refractivity contribution in [2.75, 3.05) is 0 Å². The second-order valence-electron chi connectivity index (χ2n) is 7.70. The molecule has 1 aliphatic carbocycles. The Bertz CT molecular complexity index is 997. The summed E-state index contributed by atoms with van der Waals surface area (Å²) >= 11 is 5.28.